The van der Waals surface area contributed by atoms with Crippen LogP contribution in [0.4, 0.5) is 5.69 Å². The van der Waals surface area contributed by atoms with E-state index < -0.39 is 0 Å². The topological polar surface area (TPSA) is 55.8 Å². The van der Waals surface area contributed by atoms with Gasteiger partial charge in [0.05, 0.1) is 18.4 Å². The summed E-state index contributed by atoms with van der Waals surface area (Å²) in [5, 5.41) is 0. The number of anilines is 1. The Hall–Kier alpha value is -3.08. The minimum Gasteiger partial charge on any atom is -0.496 e. The van der Waals surface area contributed by atoms with Gasteiger partial charge < -0.3 is 9.47 Å². The Kier molecular flexibility index (Phi) is 3.76. The molecule has 2 aliphatic heterocycles. The summed E-state index contributed by atoms with van der Waals surface area (Å²) in [6.45, 7) is 0.112. The number of methoxy groups -OCH3 is 1. The first-order chi connectivity index (χ1) is 12.2. The number of carbonyl (C=O) groups excluding carboxylic acids is 2. The number of para-hydroxylation sites is 2. The standard InChI is InChI=1S/C20H17NO4/c1-24-17-10-6-5-9-14(17)15-11-18(22)21(13-7-3-2-4-8-13)16-12-25-20(23)19(15)16/h2-10,15H,11-12H2,1H3/t15-/m1/s1. The van der Waals surface area contributed by atoms with Gasteiger partial charge in [0.2, 0.25) is 5.91 Å². The summed E-state index contributed by atoms with van der Waals surface area (Å²) >= 11 is 0. The molecule has 0 N–H and O–H groups in total. The summed E-state index contributed by atoms with van der Waals surface area (Å²) in [4.78, 5) is 26.9. The van der Waals surface area contributed by atoms with Gasteiger partial charge >= 0.3 is 5.97 Å². The van der Waals surface area contributed by atoms with E-state index in [-0.39, 0.29) is 30.8 Å². The highest BCUT2D eigenvalue weighted by molar-refractivity contribution is 6.06. The van der Waals surface area contributed by atoms with Crippen molar-refractivity contribution in [3.63, 3.8) is 0 Å². The summed E-state index contributed by atoms with van der Waals surface area (Å²) in [6.07, 6.45) is 0.198. The van der Waals surface area contributed by atoms with Gasteiger partial charge in [-0.25, -0.2) is 4.79 Å². The molecule has 0 spiro atoms. The number of cyclic esters (lactones) is 1. The van der Waals surface area contributed by atoms with Gasteiger partial charge in [-0.3, -0.25) is 9.69 Å². The van der Waals surface area contributed by atoms with Gasteiger partial charge in [0, 0.05) is 23.6 Å². The normalized spacial score (nSPS) is 19.7. The predicted molar refractivity (Wildman–Crippen MR) is 92.3 cm³/mol. The average Bonchev–Trinajstić information content (AvgIpc) is 3.03. The molecule has 2 aromatic carbocycles. The molecule has 1 amide bonds. The maximum Gasteiger partial charge on any atom is 0.336 e. The Balaban J connectivity index is 1.86. The number of amides is 1. The molecule has 0 saturated heterocycles. The lowest BCUT2D eigenvalue weighted by Gasteiger charge is -2.32. The van der Waals surface area contributed by atoms with Crippen LogP contribution in [0, 0.1) is 0 Å². The van der Waals surface area contributed by atoms with E-state index in [0.29, 0.717) is 17.0 Å². The van der Waals surface area contributed by atoms with Crippen molar-refractivity contribution in [1.29, 1.82) is 0 Å². The number of carbonyl (C=O) groups is 2. The van der Waals surface area contributed by atoms with Crippen LogP contribution in [0.25, 0.3) is 0 Å². The van der Waals surface area contributed by atoms with E-state index in [2.05, 4.69) is 0 Å². The first kappa shape index (κ1) is 15.4. The van der Waals surface area contributed by atoms with Crippen LogP contribution in [0.2, 0.25) is 0 Å². The molecule has 2 aromatic rings. The van der Waals surface area contributed by atoms with E-state index in [1.807, 2.05) is 54.6 Å². The highest BCUT2D eigenvalue weighted by atomic mass is 16.5. The second-order valence-electron chi connectivity index (χ2n) is 6.00. The lowest BCUT2D eigenvalue weighted by Crippen LogP contribution is -2.37. The van der Waals surface area contributed by atoms with Crippen molar-refractivity contribution in [1.82, 2.24) is 0 Å². The predicted octanol–water partition coefficient (Wildman–Crippen LogP) is 3.03. The van der Waals surface area contributed by atoms with Gasteiger partial charge in [0.25, 0.3) is 0 Å². The summed E-state index contributed by atoms with van der Waals surface area (Å²) < 4.78 is 10.7. The Morgan fingerprint density at radius 1 is 1.04 bits per heavy atom. The Labute approximate surface area is 145 Å². The molecular formula is C20H17NO4. The molecule has 5 heteroatoms. The van der Waals surface area contributed by atoms with Crippen molar-refractivity contribution >= 4 is 17.6 Å². The van der Waals surface area contributed by atoms with Crippen LogP contribution < -0.4 is 9.64 Å². The third-order valence-corrected chi connectivity index (χ3v) is 4.65. The van der Waals surface area contributed by atoms with E-state index >= 15 is 0 Å². The Bertz CT molecular complexity index is 872. The Morgan fingerprint density at radius 3 is 2.52 bits per heavy atom. The molecule has 0 bridgehead atoms. The molecule has 0 fully saturated rings. The van der Waals surface area contributed by atoms with E-state index in [9.17, 15) is 9.59 Å². The van der Waals surface area contributed by atoms with Crippen molar-refractivity contribution in [2.24, 2.45) is 0 Å². The molecule has 0 saturated carbocycles. The molecule has 126 valence electrons. The smallest absolute Gasteiger partial charge is 0.336 e. The minimum absolute atomic E-state index is 0.0563. The van der Waals surface area contributed by atoms with E-state index in [4.69, 9.17) is 9.47 Å². The maximum atomic E-state index is 12.9. The average molecular weight is 335 g/mol. The largest absolute Gasteiger partial charge is 0.496 e. The van der Waals surface area contributed by atoms with Gasteiger partial charge in [0.1, 0.15) is 12.4 Å². The molecular weight excluding hydrogens is 318 g/mol. The highest BCUT2D eigenvalue weighted by Gasteiger charge is 2.43. The zero-order valence-electron chi connectivity index (χ0n) is 13.8. The van der Waals surface area contributed by atoms with Crippen molar-refractivity contribution in [2.75, 3.05) is 18.6 Å². The second-order valence-corrected chi connectivity index (χ2v) is 6.00. The van der Waals surface area contributed by atoms with E-state index in [1.54, 1.807) is 12.0 Å². The van der Waals surface area contributed by atoms with Crippen LogP contribution in [0.15, 0.2) is 65.9 Å². The van der Waals surface area contributed by atoms with Crippen molar-refractivity contribution in [3.8, 4) is 5.75 Å². The molecule has 25 heavy (non-hydrogen) atoms. The molecule has 4 rings (SSSR count). The number of ether oxygens (including phenoxy) is 2. The summed E-state index contributed by atoms with van der Waals surface area (Å²) in [5.74, 6) is -0.105. The molecule has 0 aromatic heterocycles. The first-order valence-electron chi connectivity index (χ1n) is 8.11. The molecule has 0 unspecified atom stereocenters. The van der Waals surface area contributed by atoms with Gasteiger partial charge in [-0.2, -0.15) is 0 Å². The van der Waals surface area contributed by atoms with Crippen molar-refractivity contribution in [2.45, 2.75) is 12.3 Å². The lowest BCUT2D eigenvalue weighted by molar-refractivity contribution is -0.136. The van der Waals surface area contributed by atoms with Gasteiger partial charge in [0.15, 0.2) is 0 Å². The van der Waals surface area contributed by atoms with E-state index in [0.717, 1.165) is 11.3 Å². The van der Waals surface area contributed by atoms with Crippen molar-refractivity contribution in [3.05, 3.63) is 71.4 Å². The summed E-state index contributed by atoms with van der Waals surface area (Å²) in [7, 11) is 1.59. The number of benzene rings is 2. The van der Waals surface area contributed by atoms with Gasteiger partial charge in [-0.05, 0) is 18.2 Å². The number of nitrogens with zero attached hydrogens (tertiary/aromatic N) is 1. The van der Waals surface area contributed by atoms with Crippen LogP contribution in [-0.4, -0.2) is 25.6 Å². The summed E-state index contributed by atoms with van der Waals surface area (Å²) in [5.41, 5.74) is 2.76. The molecule has 5 nitrogen and oxygen atoms in total. The number of hydrogen-bond donors (Lipinski definition) is 0. The minimum atomic E-state index is -0.362. The fourth-order valence-corrected chi connectivity index (χ4v) is 3.55. The Morgan fingerprint density at radius 2 is 1.76 bits per heavy atom. The van der Waals surface area contributed by atoms with Gasteiger partial charge in [-0.15, -0.1) is 0 Å². The van der Waals surface area contributed by atoms with Crippen LogP contribution in [-0.2, 0) is 14.3 Å². The van der Waals surface area contributed by atoms with Gasteiger partial charge in [-0.1, -0.05) is 36.4 Å². The van der Waals surface area contributed by atoms with Crippen molar-refractivity contribution < 1.29 is 19.1 Å². The lowest BCUT2D eigenvalue weighted by atomic mass is 9.83. The van der Waals surface area contributed by atoms with Crippen LogP contribution in [0.3, 0.4) is 0 Å². The SMILES string of the molecule is COc1ccccc1[C@H]1CC(=O)N(c2ccccc2)C2=C1C(=O)OC2. The van der Waals surface area contributed by atoms with E-state index in [1.165, 1.54) is 0 Å². The summed E-state index contributed by atoms with van der Waals surface area (Å²) in [6, 6.07) is 16.8. The molecule has 2 heterocycles. The zero-order valence-corrected chi connectivity index (χ0v) is 13.8. The maximum absolute atomic E-state index is 12.9. The fourth-order valence-electron chi connectivity index (χ4n) is 3.55. The third-order valence-electron chi connectivity index (χ3n) is 4.65. The third kappa shape index (κ3) is 2.48. The fraction of sp³-hybridized carbons (Fsp3) is 0.200. The molecule has 0 radical (unpaired) electrons. The quantitative estimate of drug-likeness (QED) is 0.809. The van der Waals surface area contributed by atoms with Crippen LogP contribution in [0.5, 0.6) is 5.75 Å². The second kappa shape index (κ2) is 6.09. The number of hydrogen-bond acceptors (Lipinski definition) is 4. The first-order valence-corrected chi connectivity index (χ1v) is 8.11. The molecule has 2 aliphatic rings. The molecule has 0 aliphatic carbocycles. The molecule has 1 atom stereocenters. The monoisotopic (exact) mass is 335 g/mol. The highest BCUT2D eigenvalue weighted by Crippen LogP contribution is 2.44. The number of esters is 1. The zero-order chi connectivity index (χ0) is 17.4. The van der Waals surface area contributed by atoms with Crippen LogP contribution >= 0.6 is 0 Å². The van der Waals surface area contributed by atoms with Crippen LogP contribution in [0.1, 0.15) is 17.9 Å². The number of rotatable bonds is 3.